The Bertz CT molecular complexity index is 953. The number of hydrogen-bond acceptors (Lipinski definition) is 4. The minimum atomic E-state index is 0.225. The lowest BCUT2D eigenvalue weighted by molar-refractivity contribution is 0.0500. The van der Waals surface area contributed by atoms with Gasteiger partial charge in [-0.1, -0.05) is 48.0 Å². The molecule has 2 heterocycles. The van der Waals surface area contributed by atoms with Crippen molar-refractivity contribution in [2.45, 2.75) is 39.4 Å². The van der Waals surface area contributed by atoms with Crippen LogP contribution in [0.25, 0.3) is 11.3 Å². The van der Waals surface area contributed by atoms with Gasteiger partial charge < -0.3 is 5.11 Å². The number of rotatable bonds is 7. The van der Waals surface area contributed by atoms with Crippen LogP contribution in [0, 0.1) is 13.8 Å². The molecule has 2 N–H and O–H groups in total. The molecule has 0 bridgehead atoms. The molecular formula is C25H32N4O. The van der Waals surface area contributed by atoms with Crippen LogP contribution < -0.4 is 0 Å². The summed E-state index contributed by atoms with van der Waals surface area (Å²) in [5.41, 5.74) is 7.45. The summed E-state index contributed by atoms with van der Waals surface area (Å²) in [5, 5.41) is 17.2. The second-order valence-electron chi connectivity index (χ2n) is 8.45. The Labute approximate surface area is 179 Å². The van der Waals surface area contributed by atoms with Crippen molar-refractivity contribution >= 4 is 0 Å². The number of aromatic amines is 1. The Kier molecular flexibility index (Phi) is 6.62. The highest BCUT2D eigenvalue weighted by atomic mass is 16.3. The van der Waals surface area contributed by atoms with Crippen LogP contribution in [0.15, 0.2) is 54.7 Å². The van der Waals surface area contributed by atoms with Crippen LogP contribution in [0.1, 0.15) is 28.7 Å². The van der Waals surface area contributed by atoms with Crippen molar-refractivity contribution in [2.75, 3.05) is 26.2 Å². The minimum absolute atomic E-state index is 0.225. The average molecular weight is 405 g/mol. The molecule has 4 rings (SSSR count). The van der Waals surface area contributed by atoms with Crippen molar-refractivity contribution in [3.05, 3.63) is 77.0 Å². The Balaban J connectivity index is 1.47. The molecule has 1 fully saturated rings. The van der Waals surface area contributed by atoms with Crippen LogP contribution >= 0.6 is 0 Å². The Morgan fingerprint density at radius 1 is 1.07 bits per heavy atom. The Morgan fingerprint density at radius 2 is 1.90 bits per heavy atom. The van der Waals surface area contributed by atoms with Gasteiger partial charge in [-0.25, -0.2) is 0 Å². The van der Waals surface area contributed by atoms with E-state index in [1.165, 1.54) is 27.8 Å². The fourth-order valence-corrected chi connectivity index (χ4v) is 4.46. The summed E-state index contributed by atoms with van der Waals surface area (Å²) in [4.78, 5) is 5.02. The molecule has 0 aliphatic carbocycles. The van der Waals surface area contributed by atoms with E-state index >= 15 is 0 Å². The van der Waals surface area contributed by atoms with Crippen molar-refractivity contribution in [1.29, 1.82) is 0 Å². The first-order valence-electron chi connectivity index (χ1n) is 10.8. The Morgan fingerprint density at radius 3 is 2.70 bits per heavy atom. The molecular weight excluding hydrogens is 372 g/mol. The van der Waals surface area contributed by atoms with Crippen molar-refractivity contribution in [2.24, 2.45) is 0 Å². The molecule has 1 unspecified atom stereocenters. The third kappa shape index (κ3) is 4.81. The largest absolute Gasteiger partial charge is 0.396 e. The molecule has 2 aromatic carbocycles. The Hall–Kier alpha value is -2.47. The summed E-state index contributed by atoms with van der Waals surface area (Å²) < 4.78 is 0. The van der Waals surface area contributed by atoms with Gasteiger partial charge in [0.25, 0.3) is 0 Å². The number of benzene rings is 2. The van der Waals surface area contributed by atoms with E-state index in [1.54, 1.807) is 0 Å². The van der Waals surface area contributed by atoms with Crippen LogP contribution in [0.2, 0.25) is 0 Å². The normalized spacial score (nSPS) is 18.0. The smallest absolute Gasteiger partial charge is 0.0698 e. The van der Waals surface area contributed by atoms with Crippen LogP contribution in [0.3, 0.4) is 0 Å². The van der Waals surface area contributed by atoms with Gasteiger partial charge >= 0.3 is 0 Å². The molecule has 1 atom stereocenters. The molecule has 1 aliphatic rings. The highest BCUT2D eigenvalue weighted by Gasteiger charge is 2.27. The van der Waals surface area contributed by atoms with E-state index in [9.17, 15) is 5.11 Å². The third-order valence-electron chi connectivity index (χ3n) is 6.15. The molecule has 30 heavy (non-hydrogen) atoms. The number of nitrogens with zero attached hydrogens (tertiary/aromatic N) is 3. The number of aliphatic hydroxyl groups is 1. The summed E-state index contributed by atoms with van der Waals surface area (Å²) in [6.45, 7) is 9.32. The van der Waals surface area contributed by atoms with E-state index in [4.69, 9.17) is 0 Å². The molecule has 5 nitrogen and oxygen atoms in total. The zero-order valence-electron chi connectivity index (χ0n) is 18.0. The first-order valence-corrected chi connectivity index (χ1v) is 10.8. The molecule has 0 saturated carbocycles. The second kappa shape index (κ2) is 9.56. The molecule has 1 aromatic heterocycles. The predicted octanol–water partition coefficient (Wildman–Crippen LogP) is 3.76. The molecule has 0 amide bonds. The fourth-order valence-electron chi connectivity index (χ4n) is 4.46. The van der Waals surface area contributed by atoms with Crippen LogP contribution in [-0.2, 0) is 13.1 Å². The molecule has 5 heteroatoms. The van der Waals surface area contributed by atoms with E-state index in [-0.39, 0.29) is 6.61 Å². The first kappa shape index (κ1) is 20.8. The first-order chi connectivity index (χ1) is 14.6. The van der Waals surface area contributed by atoms with Crippen LogP contribution in [0.4, 0.5) is 0 Å². The highest BCUT2D eigenvalue weighted by Crippen LogP contribution is 2.27. The summed E-state index contributed by atoms with van der Waals surface area (Å²) >= 11 is 0. The van der Waals surface area contributed by atoms with Crippen molar-refractivity contribution in [3.63, 3.8) is 0 Å². The van der Waals surface area contributed by atoms with E-state index in [0.29, 0.717) is 6.04 Å². The van der Waals surface area contributed by atoms with Gasteiger partial charge in [0, 0.05) is 56.5 Å². The van der Waals surface area contributed by atoms with Gasteiger partial charge in [0.1, 0.15) is 0 Å². The van der Waals surface area contributed by atoms with Gasteiger partial charge in [0.05, 0.1) is 11.9 Å². The summed E-state index contributed by atoms with van der Waals surface area (Å²) in [6, 6.07) is 17.5. The predicted molar refractivity (Wildman–Crippen MR) is 121 cm³/mol. The quantitative estimate of drug-likeness (QED) is 0.630. The molecule has 1 aliphatic heterocycles. The van der Waals surface area contributed by atoms with Crippen molar-refractivity contribution in [3.8, 4) is 11.3 Å². The number of H-pyrrole nitrogens is 1. The highest BCUT2D eigenvalue weighted by molar-refractivity contribution is 5.67. The maximum atomic E-state index is 9.63. The van der Waals surface area contributed by atoms with E-state index in [1.807, 2.05) is 6.20 Å². The maximum Gasteiger partial charge on any atom is 0.0698 e. The number of nitrogens with one attached hydrogen (secondary N) is 1. The third-order valence-corrected chi connectivity index (χ3v) is 6.15. The minimum Gasteiger partial charge on any atom is -0.396 e. The maximum absolute atomic E-state index is 9.63. The second-order valence-corrected chi connectivity index (χ2v) is 8.45. The number of hydrogen-bond donors (Lipinski definition) is 2. The number of aliphatic hydroxyl groups excluding tert-OH is 1. The van der Waals surface area contributed by atoms with Gasteiger partial charge in [-0.2, -0.15) is 5.10 Å². The average Bonchev–Trinajstić information content (AvgIpc) is 3.20. The standard InChI is InChI=1S/C25H32N4O/c1-19-8-9-20(2)24(14-19)25-22(15-26-27-25)17-28-11-12-29(23(18-28)10-13-30)16-21-6-4-3-5-7-21/h3-9,14-15,23,30H,10-13,16-18H2,1-2H3,(H,26,27). The summed E-state index contributed by atoms with van der Waals surface area (Å²) in [6.07, 6.45) is 2.77. The zero-order chi connectivity index (χ0) is 20.9. The topological polar surface area (TPSA) is 55.4 Å². The molecule has 1 saturated heterocycles. The zero-order valence-corrected chi connectivity index (χ0v) is 18.0. The molecule has 3 aromatic rings. The SMILES string of the molecule is Cc1ccc(C)c(-c2[nH]ncc2CN2CCN(Cc3ccccc3)C(CCO)C2)c1. The van der Waals surface area contributed by atoms with E-state index in [0.717, 1.165) is 44.8 Å². The molecule has 0 radical (unpaired) electrons. The summed E-state index contributed by atoms with van der Waals surface area (Å²) in [7, 11) is 0. The van der Waals surface area contributed by atoms with Gasteiger partial charge in [-0.15, -0.1) is 0 Å². The van der Waals surface area contributed by atoms with E-state index in [2.05, 4.69) is 82.4 Å². The lowest BCUT2D eigenvalue weighted by atomic mass is 10.00. The van der Waals surface area contributed by atoms with E-state index < -0.39 is 0 Å². The van der Waals surface area contributed by atoms with Gasteiger partial charge in [-0.3, -0.25) is 14.9 Å². The lowest BCUT2D eigenvalue weighted by Gasteiger charge is -2.41. The monoisotopic (exact) mass is 404 g/mol. The summed E-state index contributed by atoms with van der Waals surface area (Å²) in [5.74, 6) is 0. The number of piperazine rings is 1. The molecule has 0 spiro atoms. The van der Waals surface area contributed by atoms with Crippen LogP contribution in [-0.4, -0.2) is 57.4 Å². The lowest BCUT2D eigenvalue weighted by Crippen LogP contribution is -2.52. The van der Waals surface area contributed by atoms with Crippen LogP contribution in [0.5, 0.6) is 0 Å². The number of aromatic nitrogens is 2. The van der Waals surface area contributed by atoms with Gasteiger partial charge in [-0.05, 0) is 37.5 Å². The number of aryl methyl sites for hydroxylation is 2. The molecule has 158 valence electrons. The van der Waals surface area contributed by atoms with Gasteiger partial charge in [0.15, 0.2) is 0 Å². The van der Waals surface area contributed by atoms with Crippen molar-refractivity contribution in [1.82, 2.24) is 20.0 Å². The fraction of sp³-hybridized carbons (Fsp3) is 0.400. The van der Waals surface area contributed by atoms with Crippen molar-refractivity contribution < 1.29 is 5.11 Å². The van der Waals surface area contributed by atoms with Gasteiger partial charge in [0.2, 0.25) is 0 Å².